The summed E-state index contributed by atoms with van der Waals surface area (Å²) in [5.41, 5.74) is 2.85. The molecule has 0 aliphatic rings. The van der Waals surface area contributed by atoms with Crippen LogP contribution < -0.4 is 10.1 Å². The van der Waals surface area contributed by atoms with E-state index in [1.165, 1.54) is 0 Å². The normalized spacial score (nSPS) is 11.5. The van der Waals surface area contributed by atoms with Crippen LogP contribution >= 0.6 is 11.6 Å². The fourth-order valence-corrected chi connectivity index (χ4v) is 2.22. The average molecular weight is 287 g/mol. The van der Waals surface area contributed by atoms with Crippen LogP contribution in [0.2, 0.25) is 5.02 Å². The number of anilines is 1. The lowest BCUT2D eigenvalue weighted by molar-refractivity contribution is 0.415. The molecule has 0 saturated carbocycles. The van der Waals surface area contributed by atoms with Crippen molar-refractivity contribution in [2.75, 3.05) is 12.4 Å². The molecule has 0 aliphatic carbocycles. The van der Waals surface area contributed by atoms with Gasteiger partial charge in [-0.2, -0.15) is 5.26 Å². The Morgan fingerprint density at radius 2 is 2.05 bits per heavy atom. The Morgan fingerprint density at radius 3 is 2.65 bits per heavy atom. The van der Waals surface area contributed by atoms with E-state index in [1.807, 2.05) is 37.3 Å². The van der Waals surface area contributed by atoms with Gasteiger partial charge in [0.15, 0.2) is 0 Å². The van der Waals surface area contributed by atoms with Crippen molar-refractivity contribution in [1.82, 2.24) is 0 Å². The molecule has 0 saturated heterocycles. The molecule has 0 bridgehead atoms. The maximum Gasteiger partial charge on any atom is 0.140 e. The molecule has 0 radical (unpaired) electrons. The third kappa shape index (κ3) is 3.23. The average Bonchev–Trinajstić information content (AvgIpc) is 2.44. The van der Waals surface area contributed by atoms with Gasteiger partial charge < -0.3 is 10.1 Å². The van der Waals surface area contributed by atoms with Gasteiger partial charge in [-0.25, -0.2) is 0 Å². The van der Waals surface area contributed by atoms with Crippen molar-refractivity contribution in [3.05, 3.63) is 58.6 Å². The van der Waals surface area contributed by atoms with E-state index < -0.39 is 6.04 Å². The number of halogens is 1. The Kier molecular flexibility index (Phi) is 4.49. The molecule has 2 aromatic carbocycles. The quantitative estimate of drug-likeness (QED) is 0.909. The third-order valence-electron chi connectivity index (χ3n) is 2.97. The van der Waals surface area contributed by atoms with E-state index in [0.717, 1.165) is 16.8 Å². The summed E-state index contributed by atoms with van der Waals surface area (Å²) in [4.78, 5) is 0. The van der Waals surface area contributed by atoms with Gasteiger partial charge in [-0.15, -0.1) is 0 Å². The van der Waals surface area contributed by atoms with Gasteiger partial charge in [-0.1, -0.05) is 29.8 Å². The van der Waals surface area contributed by atoms with Crippen LogP contribution in [-0.2, 0) is 0 Å². The molecule has 1 unspecified atom stereocenters. The number of benzene rings is 2. The van der Waals surface area contributed by atoms with Crippen LogP contribution in [0.3, 0.4) is 0 Å². The molecule has 1 N–H and O–H groups in total. The Morgan fingerprint density at radius 1 is 1.25 bits per heavy atom. The zero-order valence-corrected chi connectivity index (χ0v) is 12.1. The minimum absolute atomic E-state index is 0.458. The second-order valence-electron chi connectivity index (χ2n) is 4.47. The van der Waals surface area contributed by atoms with Crippen molar-refractivity contribution >= 4 is 17.3 Å². The lowest BCUT2D eigenvalue weighted by atomic mass is 10.1. The van der Waals surface area contributed by atoms with Crippen molar-refractivity contribution in [2.24, 2.45) is 0 Å². The van der Waals surface area contributed by atoms with E-state index >= 15 is 0 Å². The summed E-state index contributed by atoms with van der Waals surface area (Å²) in [6.45, 7) is 2.01. The molecule has 0 amide bonds. The fourth-order valence-electron chi connectivity index (χ4n) is 1.95. The highest BCUT2D eigenvalue weighted by Gasteiger charge is 2.12. The number of rotatable bonds is 4. The SMILES string of the molecule is COc1ccc(C(C#N)Nc2cccc(C)c2)cc1Cl. The molecular weight excluding hydrogens is 272 g/mol. The van der Waals surface area contributed by atoms with Crippen LogP contribution in [0.5, 0.6) is 5.75 Å². The highest BCUT2D eigenvalue weighted by atomic mass is 35.5. The van der Waals surface area contributed by atoms with Crippen molar-refractivity contribution in [1.29, 1.82) is 5.26 Å². The van der Waals surface area contributed by atoms with Crippen LogP contribution in [-0.4, -0.2) is 7.11 Å². The molecule has 2 aromatic rings. The first-order valence-electron chi connectivity index (χ1n) is 6.20. The number of aryl methyl sites for hydroxylation is 1. The number of ether oxygens (including phenoxy) is 1. The zero-order valence-electron chi connectivity index (χ0n) is 11.4. The van der Waals surface area contributed by atoms with Crippen LogP contribution in [0.4, 0.5) is 5.69 Å². The molecule has 0 spiro atoms. The summed E-state index contributed by atoms with van der Waals surface area (Å²) >= 11 is 6.10. The Labute approximate surface area is 123 Å². The van der Waals surface area contributed by atoms with Gasteiger partial charge in [0.1, 0.15) is 11.8 Å². The van der Waals surface area contributed by atoms with Gasteiger partial charge in [0.05, 0.1) is 18.2 Å². The second kappa shape index (κ2) is 6.31. The maximum atomic E-state index is 9.34. The monoisotopic (exact) mass is 286 g/mol. The van der Waals surface area contributed by atoms with E-state index in [-0.39, 0.29) is 0 Å². The number of nitrogens with zero attached hydrogens (tertiary/aromatic N) is 1. The number of nitriles is 1. The first-order chi connectivity index (χ1) is 9.63. The molecule has 0 fully saturated rings. The molecule has 4 heteroatoms. The maximum absolute atomic E-state index is 9.34. The minimum atomic E-state index is -0.458. The predicted octanol–water partition coefficient (Wildman–Crippen LogP) is 4.33. The van der Waals surface area contributed by atoms with E-state index in [9.17, 15) is 5.26 Å². The first kappa shape index (κ1) is 14.2. The number of methoxy groups -OCH3 is 1. The molecule has 0 aliphatic heterocycles. The van der Waals surface area contributed by atoms with Crippen LogP contribution in [0.15, 0.2) is 42.5 Å². The summed E-state index contributed by atoms with van der Waals surface area (Å²) in [7, 11) is 1.56. The Hall–Kier alpha value is -2.18. The Balaban J connectivity index is 2.25. The number of hydrogen-bond donors (Lipinski definition) is 1. The van der Waals surface area contributed by atoms with E-state index in [0.29, 0.717) is 10.8 Å². The van der Waals surface area contributed by atoms with Gasteiger partial charge in [0.2, 0.25) is 0 Å². The summed E-state index contributed by atoms with van der Waals surface area (Å²) in [5, 5.41) is 13.0. The van der Waals surface area contributed by atoms with Crippen molar-refractivity contribution in [2.45, 2.75) is 13.0 Å². The summed E-state index contributed by atoms with van der Waals surface area (Å²) in [5.74, 6) is 0.600. The highest BCUT2D eigenvalue weighted by molar-refractivity contribution is 6.32. The summed E-state index contributed by atoms with van der Waals surface area (Å²) in [6.07, 6.45) is 0. The van der Waals surface area contributed by atoms with E-state index in [2.05, 4.69) is 11.4 Å². The van der Waals surface area contributed by atoms with Gasteiger partial charge in [0, 0.05) is 5.69 Å². The van der Waals surface area contributed by atoms with E-state index in [1.54, 1.807) is 19.2 Å². The topological polar surface area (TPSA) is 45.0 Å². The third-order valence-corrected chi connectivity index (χ3v) is 3.26. The van der Waals surface area contributed by atoms with Gasteiger partial charge in [0.25, 0.3) is 0 Å². The molecule has 20 heavy (non-hydrogen) atoms. The number of hydrogen-bond acceptors (Lipinski definition) is 3. The molecule has 0 aromatic heterocycles. The highest BCUT2D eigenvalue weighted by Crippen LogP contribution is 2.29. The standard InChI is InChI=1S/C16H15ClN2O/c1-11-4-3-5-13(8-11)19-15(10-18)12-6-7-16(20-2)14(17)9-12/h3-9,15,19H,1-2H3. The van der Waals surface area contributed by atoms with Crippen LogP contribution in [0.1, 0.15) is 17.2 Å². The molecule has 1 atom stereocenters. The first-order valence-corrected chi connectivity index (χ1v) is 6.58. The summed E-state index contributed by atoms with van der Waals surface area (Å²) in [6, 6.07) is 15.0. The molecule has 102 valence electrons. The predicted molar refractivity (Wildman–Crippen MR) is 81.2 cm³/mol. The van der Waals surface area contributed by atoms with Crippen molar-refractivity contribution < 1.29 is 4.74 Å². The molecular formula is C16H15ClN2O. The minimum Gasteiger partial charge on any atom is -0.495 e. The van der Waals surface area contributed by atoms with Gasteiger partial charge in [-0.05, 0) is 42.3 Å². The van der Waals surface area contributed by atoms with Crippen LogP contribution in [0, 0.1) is 18.3 Å². The van der Waals surface area contributed by atoms with Gasteiger partial charge in [-0.3, -0.25) is 0 Å². The number of nitrogens with one attached hydrogen (secondary N) is 1. The Bertz CT molecular complexity index is 649. The van der Waals surface area contributed by atoms with Gasteiger partial charge >= 0.3 is 0 Å². The fraction of sp³-hybridized carbons (Fsp3) is 0.188. The lowest BCUT2D eigenvalue weighted by Crippen LogP contribution is -2.08. The van der Waals surface area contributed by atoms with Crippen LogP contribution in [0.25, 0.3) is 0 Å². The molecule has 0 heterocycles. The molecule has 3 nitrogen and oxygen atoms in total. The zero-order chi connectivity index (χ0) is 14.5. The lowest BCUT2D eigenvalue weighted by Gasteiger charge is -2.15. The second-order valence-corrected chi connectivity index (χ2v) is 4.88. The van der Waals surface area contributed by atoms with Crippen molar-refractivity contribution in [3.8, 4) is 11.8 Å². The summed E-state index contributed by atoms with van der Waals surface area (Å²) < 4.78 is 5.11. The van der Waals surface area contributed by atoms with E-state index in [4.69, 9.17) is 16.3 Å². The molecule has 2 rings (SSSR count). The largest absolute Gasteiger partial charge is 0.495 e. The smallest absolute Gasteiger partial charge is 0.140 e. The van der Waals surface area contributed by atoms with Crippen molar-refractivity contribution in [3.63, 3.8) is 0 Å².